The highest BCUT2D eigenvalue weighted by Gasteiger charge is 2.17. The zero-order valence-corrected chi connectivity index (χ0v) is 17.9. The normalized spacial score (nSPS) is 10.9. The number of rotatable bonds is 5. The van der Waals surface area contributed by atoms with Gasteiger partial charge in [-0.2, -0.15) is 0 Å². The van der Waals surface area contributed by atoms with Gasteiger partial charge in [0.1, 0.15) is 10.7 Å². The van der Waals surface area contributed by atoms with Crippen LogP contribution in [0.1, 0.15) is 5.69 Å². The Labute approximate surface area is 174 Å². The van der Waals surface area contributed by atoms with Crippen molar-refractivity contribution in [2.24, 2.45) is 0 Å². The zero-order chi connectivity index (χ0) is 19.7. The molecule has 0 N–H and O–H groups in total. The number of nitrogens with zero attached hydrogens (tertiary/aromatic N) is 4. The Morgan fingerprint density at radius 2 is 1.75 bits per heavy atom. The molecule has 0 aliphatic rings. The molecule has 2 heterocycles. The van der Waals surface area contributed by atoms with Gasteiger partial charge >= 0.3 is 0 Å². The van der Waals surface area contributed by atoms with Gasteiger partial charge in [-0.25, -0.2) is 9.67 Å². The van der Waals surface area contributed by atoms with Crippen molar-refractivity contribution in [3.8, 4) is 39.1 Å². The third-order valence-electron chi connectivity index (χ3n) is 4.35. The molecule has 2 aromatic carbocycles. The van der Waals surface area contributed by atoms with E-state index < -0.39 is 0 Å². The maximum Gasteiger partial charge on any atom is 0.162 e. The number of halogens is 1. The number of benzene rings is 2. The first-order valence-electron chi connectivity index (χ1n) is 8.47. The van der Waals surface area contributed by atoms with E-state index in [4.69, 9.17) is 14.5 Å². The third-order valence-corrected chi connectivity index (χ3v) is 5.73. The van der Waals surface area contributed by atoms with Gasteiger partial charge < -0.3 is 9.47 Å². The van der Waals surface area contributed by atoms with Crippen molar-refractivity contribution in [2.45, 2.75) is 6.92 Å². The maximum absolute atomic E-state index is 5.39. The Morgan fingerprint density at radius 3 is 2.46 bits per heavy atom. The van der Waals surface area contributed by atoms with Crippen LogP contribution in [0.25, 0.3) is 27.6 Å². The highest BCUT2D eigenvalue weighted by molar-refractivity contribution is 9.10. The number of thiazole rings is 1. The van der Waals surface area contributed by atoms with Crippen LogP contribution in [0, 0.1) is 6.92 Å². The number of aromatic nitrogens is 4. The van der Waals surface area contributed by atoms with E-state index in [1.807, 2.05) is 54.8 Å². The van der Waals surface area contributed by atoms with Crippen LogP contribution in [-0.2, 0) is 0 Å². The average molecular weight is 457 g/mol. The molecule has 6 nitrogen and oxygen atoms in total. The maximum atomic E-state index is 5.39. The van der Waals surface area contributed by atoms with Gasteiger partial charge in [-0.3, -0.25) is 0 Å². The van der Waals surface area contributed by atoms with E-state index >= 15 is 0 Å². The van der Waals surface area contributed by atoms with Crippen molar-refractivity contribution >= 4 is 27.3 Å². The lowest BCUT2D eigenvalue weighted by atomic mass is 10.2. The summed E-state index contributed by atoms with van der Waals surface area (Å²) in [7, 11) is 3.22. The molecule has 0 saturated carbocycles. The molecule has 4 aromatic rings. The summed E-state index contributed by atoms with van der Waals surface area (Å²) in [6.45, 7) is 1.98. The fourth-order valence-electron chi connectivity index (χ4n) is 2.86. The summed E-state index contributed by atoms with van der Waals surface area (Å²) in [5, 5.41) is 11.6. The highest BCUT2D eigenvalue weighted by Crippen LogP contribution is 2.33. The lowest BCUT2D eigenvalue weighted by Gasteiger charge is -2.10. The van der Waals surface area contributed by atoms with E-state index in [0.717, 1.165) is 37.8 Å². The molecule has 0 aliphatic heterocycles. The zero-order valence-electron chi connectivity index (χ0n) is 15.5. The topological polar surface area (TPSA) is 62.1 Å². The molecule has 0 saturated heterocycles. The molecule has 8 heteroatoms. The Balaban J connectivity index is 1.69. The lowest BCUT2D eigenvalue weighted by Crippen LogP contribution is -2.00. The Bertz CT molecular complexity index is 1120. The minimum absolute atomic E-state index is 0.642. The van der Waals surface area contributed by atoms with E-state index in [-0.39, 0.29) is 0 Å². The smallest absolute Gasteiger partial charge is 0.162 e. The van der Waals surface area contributed by atoms with Crippen LogP contribution in [0.2, 0.25) is 0 Å². The molecule has 0 amide bonds. The molecular formula is C20H17BrN4O2S. The molecular weight excluding hydrogens is 440 g/mol. The second kappa shape index (κ2) is 7.73. The van der Waals surface area contributed by atoms with E-state index in [9.17, 15) is 0 Å². The molecule has 0 bridgehead atoms. The van der Waals surface area contributed by atoms with Gasteiger partial charge in [-0.05, 0) is 31.2 Å². The molecule has 0 atom stereocenters. The first-order valence-corrected chi connectivity index (χ1v) is 10.1. The van der Waals surface area contributed by atoms with Gasteiger partial charge in [0.2, 0.25) is 0 Å². The number of ether oxygens (including phenoxy) is 2. The summed E-state index contributed by atoms with van der Waals surface area (Å²) in [6, 6.07) is 13.7. The summed E-state index contributed by atoms with van der Waals surface area (Å²) in [4.78, 5) is 4.75. The predicted molar refractivity (Wildman–Crippen MR) is 113 cm³/mol. The molecule has 142 valence electrons. The highest BCUT2D eigenvalue weighted by atomic mass is 79.9. The Hall–Kier alpha value is -2.71. The Morgan fingerprint density at radius 1 is 1.00 bits per heavy atom. The second-order valence-electron chi connectivity index (χ2n) is 6.02. The molecule has 0 aliphatic carbocycles. The van der Waals surface area contributed by atoms with Crippen LogP contribution in [0.5, 0.6) is 11.5 Å². The van der Waals surface area contributed by atoms with Crippen LogP contribution < -0.4 is 9.47 Å². The van der Waals surface area contributed by atoms with Crippen molar-refractivity contribution in [2.75, 3.05) is 14.2 Å². The van der Waals surface area contributed by atoms with E-state index in [0.29, 0.717) is 11.5 Å². The lowest BCUT2D eigenvalue weighted by molar-refractivity contribution is 0.354. The molecule has 0 spiro atoms. The molecule has 0 fully saturated rings. The van der Waals surface area contributed by atoms with Crippen molar-refractivity contribution in [1.82, 2.24) is 20.0 Å². The van der Waals surface area contributed by atoms with Gasteiger partial charge in [-0.15, -0.1) is 16.4 Å². The number of methoxy groups -OCH3 is 2. The van der Waals surface area contributed by atoms with E-state index in [2.05, 4.69) is 26.2 Å². The van der Waals surface area contributed by atoms with Crippen LogP contribution in [0.15, 0.2) is 52.3 Å². The average Bonchev–Trinajstić information content (AvgIpc) is 3.35. The first kappa shape index (κ1) is 18.6. The first-order chi connectivity index (χ1) is 13.6. The minimum Gasteiger partial charge on any atom is -0.493 e. The van der Waals surface area contributed by atoms with Crippen molar-refractivity contribution in [3.05, 3.63) is 58.0 Å². The van der Waals surface area contributed by atoms with Crippen molar-refractivity contribution < 1.29 is 9.47 Å². The van der Waals surface area contributed by atoms with E-state index in [1.54, 1.807) is 30.2 Å². The van der Waals surface area contributed by atoms with Crippen LogP contribution in [0.3, 0.4) is 0 Å². The second-order valence-corrected chi connectivity index (χ2v) is 7.79. The van der Waals surface area contributed by atoms with Gasteiger partial charge in [0, 0.05) is 21.5 Å². The SMILES string of the molecule is COc1ccc(-n2nnc(-c3nc(-c4ccc(Br)cc4)cs3)c2C)cc1OC. The molecule has 0 unspecified atom stereocenters. The number of hydrogen-bond donors (Lipinski definition) is 0. The van der Waals surface area contributed by atoms with Gasteiger partial charge in [0.25, 0.3) is 0 Å². The monoisotopic (exact) mass is 456 g/mol. The third kappa shape index (κ3) is 3.41. The number of hydrogen-bond acceptors (Lipinski definition) is 6. The summed E-state index contributed by atoms with van der Waals surface area (Å²) in [6.07, 6.45) is 0. The fraction of sp³-hybridized carbons (Fsp3) is 0.150. The molecule has 28 heavy (non-hydrogen) atoms. The van der Waals surface area contributed by atoms with Gasteiger partial charge in [0.15, 0.2) is 11.5 Å². The van der Waals surface area contributed by atoms with E-state index in [1.165, 1.54) is 0 Å². The Kier molecular flexibility index (Phi) is 5.15. The standard InChI is InChI=1S/C20H17BrN4O2S/c1-12-19(20-22-16(11-28-20)13-4-6-14(21)7-5-13)23-24-25(12)15-8-9-17(26-2)18(10-15)27-3/h4-11H,1-3H3. The molecule has 4 rings (SSSR count). The van der Waals surface area contributed by atoms with Gasteiger partial charge in [-0.1, -0.05) is 33.3 Å². The summed E-state index contributed by atoms with van der Waals surface area (Å²) in [5.74, 6) is 1.31. The quantitative estimate of drug-likeness (QED) is 0.415. The predicted octanol–water partition coefficient (Wildman–Crippen LogP) is 5.15. The molecule has 0 radical (unpaired) electrons. The molecule has 2 aromatic heterocycles. The summed E-state index contributed by atoms with van der Waals surface area (Å²) in [5.41, 5.74) is 4.51. The van der Waals surface area contributed by atoms with Crippen molar-refractivity contribution in [1.29, 1.82) is 0 Å². The fourth-order valence-corrected chi connectivity index (χ4v) is 3.99. The summed E-state index contributed by atoms with van der Waals surface area (Å²) >= 11 is 5.01. The van der Waals surface area contributed by atoms with Crippen LogP contribution in [0.4, 0.5) is 0 Å². The van der Waals surface area contributed by atoms with Crippen LogP contribution >= 0.6 is 27.3 Å². The summed E-state index contributed by atoms with van der Waals surface area (Å²) < 4.78 is 13.5. The minimum atomic E-state index is 0.642. The van der Waals surface area contributed by atoms with Gasteiger partial charge in [0.05, 0.1) is 31.3 Å². The van der Waals surface area contributed by atoms with Crippen LogP contribution in [-0.4, -0.2) is 34.2 Å². The van der Waals surface area contributed by atoms with Crippen molar-refractivity contribution in [3.63, 3.8) is 0 Å². The largest absolute Gasteiger partial charge is 0.493 e.